The van der Waals surface area contributed by atoms with Crippen LogP contribution in [-0.2, 0) is 4.79 Å². The summed E-state index contributed by atoms with van der Waals surface area (Å²) in [5.74, 6) is 1.30. The molecule has 2 aliphatic heterocycles. The van der Waals surface area contributed by atoms with Gasteiger partial charge in [0, 0.05) is 17.4 Å². The lowest BCUT2D eigenvalue weighted by Gasteiger charge is -2.16. The van der Waals surface area contributed by atoms with Gasteiger partial charge in [-0.3, -0.25) is 10.1 Å². The second-order valence-electron chi connectivity index (χ2n) is 5.25. The molecule has 0 saturated carbocycles. The first-order valence-corrected chi connectivity index (χ1v) is 8.11. The van der Waals surface area contributed by atoms with E-state index in [2.05, 4.69) is 31.1 Å². The second-order valence-corrected chi connectivity index (χ2v) is 6.52. The number of aromatic nitrogens is 3. The topological polar surface area (TPSA) is 112 Å². The van der Waals surface area contributed by atoms with E-state index in [1.807, 2.05) is 11.8 Å². The van der Waals surface area contributed by atoms with Crippen molar-refractivity contribution in [3.05, 3.63) is 6.33 Å². The Balaban J connectivity index is 1.33. The maximum Gasteiger partial charge on any atom is 0.315 e. The summed E-state index contributed by atoms with van der Waals surface area (Å²) in [6, 6.07) is 0.453. The number of H-pyrrole nitrogens is 1. The van der Waals surface area contributed by atoms with Crippen LogP contribution in [0.4, 0.5) is 10.7 Å². The molecule has 3 heterocycles. The average molecular weight is 310 g/mol. The minimum Gasteiger partial charge on any atom is -0.332 e. The van der Waals surface area contributed by atoms with Crippen LogP contribution in [0.3, 0.4) is 0 Å². The minimum absolute atomic E-state index is 0.0539. The van der Waals surface area contributed by atoms with Gasteiger partial charge in [0.15, 0.2) is 0 Å². The number of rotatable bonds is 6. The van der Waals surface area contributed by atoms with Crippen LogP contribution in [-0.4, -0.2) is 50.2 Å². The van der Waals surface area contributed by atoms with Crippen LogP contribution in [0, 0.1) is 0 Å². The van der Waals surface area contributed by atoms with Crippen molar-refractivity contribution in [1.82, 2.24) is 25.8 Å². The normalized spacial score (nSPS) is 27.0. The molecule has 0 aromatic carbocycles. The van der Waals surface area contributed by atoms with E-state index in [0.29, 0.717) is 17.6 Å². The van der Waals surface area contributed by atoms with Gasteiger partial charge in [-0.25, -0.2) is 9.89 Å². The molecule has 3 rings (SSSR count). The van der Waals surface area contributed by atoms with Gasteiger partial charge in [-0.1, -0.05) is 6.42 Å². The monoisotopic (exact) mass is 310 g/mol. The molecule has 2 saturated heterocycles. The van der Waals surface area contributed by atoms with E-state index in [0.717, 1.165) is 25.0 Å². The minimum atomic E-state index is -0.0560. The summed E-state index contributed by atoms with van der Waals surface area (Å²) in [5.41, 5.74) is 0. The number of nitrogens with one attached hydrogen (secondary N) is 4. The molecule has 3 amide bonds. The zero-order chi connectivity index (χ0) is 14.7. The SMILES string of the molecule is O=C(CCCC[C@@H]1SC[C@@H]2NC(=O)N[C@@H]21)Nc1ncn[nH]1. The number of aromatic amines is 1. The van der Waals surface area contributed by atoms with Crippen molar-refractivity contribution < 1.29 is 9.59 Å². The molecule has 3 atom stereocenters. The Morgan fingerprint density at radius 2 is 2.33 bits per heavy atom. The standard InChI is InChI=1S/C12H18N6O2S/c19-9(16-11-13-6-14-18-11)4-2-1-3-8-10-7(5-21-8)15-12(20)17-10/h6-8,10H,1-5H2,(H2,15,17,20)(H2,13,14,16,18,19)/t7-,8-,10-/m0/s1. The molecule has 2 aliphatic rings. The van der Waals surface area contributed by atoms with Crippen LogP contribution in [0.1, 0.15) is 25.7 Å². The van der Waals surface area contributed by atoms with Gasteiger partial charge in [-0.05, 0) is 12.8 Å². The smallest absolute Gasteiger partial charge is 0.315 e. The number of carbonyl (C=O) groups is 2. The van der Waals surface area contributed by atoms with Crippen molar-refractivity contribution in [2.24, 2.45) is 0 Å². The van der Waals surface area contributed by atoms with Crippen molar-refractivity contribution in [3.63, 3.8) is 0 Å². The highest BCUT2D eigenvalue weighted by Crippen LogP contribution is 2.33. The fourth-order valence-corrected chi connectivity index (χ4v) is 4.28. The molecule has 9 heteroatoms. The number of amides is 3. The Kier molecular flexibility index (Phi) is 4.28. The lowest BCUT2D eigenvalue weighted by molar-refractivity contribution is -0.116. The quantitative estimate of drug-likeness (QED) is 0.451. The summed E-state index contributed by atoms with van der Waals surface area (Å²) in [6.07, 6.45) is 4.64. The number of anilines is 1. The van der Waals surface area contributed by atoms with Gasteiger partial charge in [0.1, 0.15) is 6.33 Å². The molecule has 1 aromatic heterocycles. The first-order chi connectivity index (χ1) is 10.2. The van der Waals surface area contributed by atoms with E-state index in [-0.39, 0.29) is 24.0 Å². The number of unbranched alkanes of at least 4 members (excludes halogenated alkanes) is 1. The summed E-state index contributed by atoms with van der Waals surface area (Å²) < 4.78 is 0. The number of fused-ring (bicyclic) bond motifs is 1. The first kappa shape index (κ1) is 14.2. The zero-order valence-corrected chi connectivity index (χ0v) is 12.3. The first-order valence-electron chi connectivity index (χ1n) is 7.06. The third-order valence-electron chi connectivity index (χ3n) is 3.75. The van der Waals surface area contributed by atoms with Gasteiger partial charge in [-0.15, -0.1) is 0 Å². The zero-order valence-electron chi connectivity index (χ0n) is 11.5. The summed E-state index contributed by atoms with van der Waals surface area (Å²) in [6.45, 7) is 0. The van der Waals surface area contributed by atoms with Crippen LogP contribution < -0.4 is 16.0 Å². The third-order valence-corrected chi connectivity index (χ3v) is 5.26. The van der Waals surface area contributed by atoms with E-state index >= 15 is 0 Å². The van der Waals surface area contributed by atoms with Gasteiger partial charge >= 0.3 is 6.03 Å². The Labute approximate surface area is 126 Å². The van der Waals surface area contributed by atoms with Gasteiger partial charge in [0.2, 0.25) is 11.9 Å². The lowest BCUT2D eigenvalue weighted by Crippen LogP contribution is -2.36. The molecule has 0 bridgehead atoms. The fraction of sp³-hybridized carbons (Fsp3) is 0.667. The van der Waals surface area contributed by atoms with Crippen LogP contribution in [0.2, 0.25) is 0 Å². The van der Waals surface area contributed by atoms with Crippen LogP contribution >= 0.6 is 11.8 Å². The maximum atomic E-state index is 11.7. The van der Waals surface area contributed by atoms with Crippen LogP contribution in [0.15, 0.2) is 6.33 Å². The maximum absolute atomic E-state index is 11.7. The second kappa shape index (κ2) is 6.33. The molecule has 8 nitrogen and oxygen atoms in total. The molecule has 0 aliphatic carbocycles. The van der Waals surface area contributed by atoms with Crippen molar-refractivity contribution in [1.29, 1.82) is 0 Å². The van der Waals surface area contributed by atoms with Gasteiger partial charge in [0.25, 0.3) is 0 Å². The molecular weight excluding hydrogens is 292 g/mol. The van der Waals surface area contributed by atoms with E-state index < -0.39 is 0 Å². The summed E-state index contributed by atoms with van der Waals surface area (Å²) in [5, 5.41) is 15.3. The predicted octanol–water partition coefficient (Wildman–Crippen LogP) is 0.469. The molecule has 0 unspecified atom stereocenters. The van der Waals surface area contributed by atoms with E-state index in [9.17, 15) is 9.59 Å². The van der Waals surface area contributed by atoms with Crippen molar-refractivity contribution in [2.75, 3.05) is 11.1 Å². The average Bonchev–Trinajstić information content (AvgIpc) is 3.13. The fourth-order valence-electron chi connectivity index (χ4n) is 2.73. The molecule has 2 fully saturated rings. The number of thioether (sulfide) groups is 1. The molecule has 4 N–H and O–H groups in total. The van der Waals surface area contributed by atoms with Crippen molar-refractivity contribution in [3.8, 4) is 0 Å². The van der Waals surface area contributed by atoms with E-state index in [1.165, 1.54) is 6.33 Å². The van der Waals surface area contributed by atoms with Crippen molar-refractivity contribution in [2.45, 2.75) is 43.0 Å². The van der Waals surface area contributed by atoms with E-state index in [4.69, 9.17) is 0 Å². The highest BCUT2D eigenvalue weighted by Gasteiger charge is 2.42. The number of hydrogen-bond acceptors (Lipinski definition) is 5. The number of nitrogens with zero attached hydrogens (tertiary/aromatic N) is 2. The summed E-state index contributed by atoms with van der Waals surface area (Å²) in [7, 11) is 0. The molecular formula is C12H18N6O2S. The lowest BCUT2D eigenvalue weighted by atomic mass is 10.0. The molecule has 0 radical (unpaired) electrons. The Hall–Kier alpha value is -1.77. The van der Waals surface area contributed by atoms with Gasteiger partial charge < -0.3 is 10.6 Å². The molecule has 114 valence electrons. The highest BCUT2D eigenvalue weighted by atomic mass is 32.2. The third kappa shape index (κ3) is 3.46. The number of hydrogen-bond donors (Lipinski definition) is 4. The summed E-state index contributed by atoms with van der Waals surface area (Å²) in [4.78, 5) is 26.8. The number of carbonyl (C=O) groups excluding carboxylic acids is 2. The Bertz CT molecular complexity index is 508. The van der Waals surface area contributed by atoms with Crippen LogP contribution in [0.5, 0.6) is 0 Å². The molecule has 21 heavy (non-hydrogen) atoms. The Morgan fingerprint density at radius 3 is 3.14 bits per heavy atom. The van der Waals surface area contributed by atoms with Crippen molar-refractivity contribution >= 4 is 29.6 Å². The summed E-state index contributed by atoms with van der Waals surface area (Å²) >= 11 is 1.90. The highest BCUT2D eigenvalue weighted by molar-refractivity contribution is 8.00. The van der Waals surface area contributed by atoms with Crippen LogP contribution in [0.25, 0.3) is 0 Å². The largest absolute Gasteiger partial charge is 0.332 e. The van der Waals surface area contributed by atoms with E-state index in [1.54, 1.807) is 0 Å². The Morgan fingerprint density at radius 1 is 1.43 bits per heavy atom. The van der Waals surface area contributed by atoms with Gasteiger partial charge in [-0.2, -0.15) is 21.8 Å². The predicted molar refractivity (Wildman–Crippen MR) is 79.0 cm³/mol. The van der Waals surface area contributed by atoms with Gasteiger partial charge in [0.05, 0.1) is 12.1 Å². The molecule has 1 aromatic rings. The molecule has 0 spiro atoms. The number of urea groups is 1.